The fraction of sp³-hybridized carbons (Fsp3) is 0.818. The predicted octanol–water partition coefficient (Wildman–Crippen LogP) is 1.24. The molecule has 1 aliphatic heterocycles. The molecule has 1 saturated heterocycles. The number of carbonyl (C=O) groups excluding carboxylic acids is 1. The average molecular weight is 228 g/mol. The Bertz CT molecular complexity index is 278. The topological polar surface area (TPSA) is 60.9 Å². The second-order valence-electron chi connectivity index (χ2n) is 4.65. The molecule has 0 aliphatic carbocycles. The lowest BCUT2D eigenvalue weighted by molar-refractivity contribution is -0.135. The van der Waals surface area contributed by atoms with Crippen molar-refractivity contribution in [1.29, 1.82) is 0 Å². The Morgan fingerprint density at radius 2 is 2.12 bits per heavy atom. The van der Waals surface area contributed by atoms with Crippen molar-refractivity contribution in [1.82, 2.24) is 9.80 Å². The Morgan fingerprint density at radius 1 is 1.50 bits per heavy atom. The van der Waals surface area contributed by atoms with Crippen LogP contribution in [0.1, 0.15) is 26.7 Å². The average Bonchev–Trinajstić information content (AvgIpc) is 2.64. The van der Waals surface area contributed by atoms with Crippen LogP contribution in [0.4, 0.5) is 4.79 Å². The summed E-state index contributed by atoms with van der Waals surface area (Å²) >= 11 is 0. The van der Waals surface area contributed by atoms with Gasteiger partial charge in [0.2, 0.25) is 5.91 Å². The lowest BCUT2D eigenvalue weighted by Gasteiger charge is -2.28. The lowest BCUT2D eigenvalue weighted by atomic mass is 10.1. The van der Waals surface area contributed by atoms with Crippen LogP contribution in [-0.2, 0) is 4.79 Å². The van der Waals surface area contributed by atoms with Crippen molar-refractivity contribution in [2.24, 2.45) is 5.92 Å². The summed E-state index contributed by atoms with van der Waals surface area (Å²) in [6.45, 7) is 4.92. The summed E-state index contributed by atoms with van der Waals surface area (Å²) < 4.78 is 0. The monoisotopic (exact) mass is 228 g/mol. The Balaban J connectivity index is 2.59. The van der Waals surface area contributed by atoms with E-state index >= 15 is 0 Å². The van der Waals surface area contributed by atoms with Gasteiger partial charge in [-0.05, 0) is 12.8 Å². The van der Waals surface area contributed by atoms with Crippen LogP contribution in [0.15, 0.2) is 0 Å². The minimum absolute atomic E-state index is 0.0178. The van der Waals surface area contributed by atoms with E-state index in [0.717, 1.165) is 19.4 Å². The fourth-order valence-corrected chi connectivity index (χ4v) is 2.04. The minimum atomic E-state index is -0.941. The van der Waals surface area contributed by atoms with E-state index in [1.54, 1.807) is 7.05 Å². The highest BCUT2D eigenvalue weighted by Gasteiger charge is 2.31. The number of amides is 2. The van der Waals surface area contributed by atoms with Crippen molar-refractivity contribution in [3.05, 3.63) is 0 Å². The largest absolute Gasteiger partial charge is 0.465 e. The molecule has 0 aromatic carbocycles. The van der Waals surface area contributed by atoms with Gasteiger partial charge in [0.25, 0.3) is 0 Å². The molecule has 5 heteroatoms. The summed E-state index contributed by atoms with van der Waals surface area (Å²) in [5, 5.41) is 8.80. The molecule has 0 aromatic heterocycles. The molecule has 0 spiro atoms. The summed E-state index contributed by atoms with van der Waals surface area (Å²) in [6.07, 6.45) is 0.927. The molecular weight excluding hydrogens is 208 g/mol. The molecule has 0 saturated carbocycles. The minimum Gasteiger partial charge on any atom is -0.465 e. The molecule has 1 heterocycles. The highest BCUT2D eigenvalue weighted by Crippen LogP contribution is 2.20. The third-order valence-corrected chi connectivity index (χ3v) is 2.97. The number of hydrogen-bond acceptors (Lipinski definition) is 2. The molecule has 2 amide bonds. The van der Waals surface area contributed by atoms with Gasteiger partial charge in [-0.1, -0.05) is 13.8 Å². The maximum absolute atomic E-state index is 11.9. The van der Waals surface area contributed by atoms with Gasteiger partial charge in [-0.2, -0.15) is 0 Å². The van der Waals surface area contributed by atoms with E-state index < -0.39 is 6.09 Å². The molecule has 0 bridgehead atoms. The van der Waals surface area contributed by atoms with Crippen molar-refractivity contribution < 1.29 is 14.7 Å². The summed E-state index contributed by atoms with van der Waals surface area (Å²) in [4.78, 5) is 25.7. The van der Waals surface area contributed by atoms with Gasteiger partial charge in [0.1, 0.15) is 0 Å². The molecule has 1 aliphatic rings. The number of hydrogen-bond donors (Lipinski definition) is 1. The van der Waals surface area contributed by atoms with E-state index in [-0.39, 0.29) is 17.9 Å². The van der Waals surface area contributed by atoms with Gasteiger partial charge in [0.15, 0.2) is 0 Å². The Morgan fingerprint density at radius 3 is 2.62 bits per heavy atom. The first-order valence-electron chi connectivity index (χ1n) is 5.68. The highest BCUT2D eigenvalue weighted by molar-refractivity contribution is 5.78. The molecule has 0 radical (unpaired) electrons. The summed E-state index contributed by atoms with van der Waals surface area (Å²) in [6, 6.07) is 0.0519. The van der Waals surface area contributed by atoms with Crippen LogP contribution in [0.5, 0.6) is 0 Å². The first-order chi connectivity index (χ1) is 7.43. The SMILES string of the molecule is CC(C)C(=O)N1CCCC1CN(C)C(=O)O. The molecule has 1 unspecified atom stereocenters. The normalized spacial score (nSPS) is 20.2. The van der Waals surface area contributed by atoms with Crippen LogP contribution in [-0.4, -0.2) is 53.1 Å². The van der Waals surface area contributed by atoms with Gasteiger partial charge in [0.05, 0.1) is 0 Å². The van der Waals surface area contributed by atoms with Crippen LogP contribution in [0.3, 0.4) is 0 Å². The van der Waals surface area contributed by atoms with Crippen molar-refractivity contribution in [3.63, 3.8) is 0 Å². The smallest absolute Gasteiger partial charge is 0.407 e. The zero-order valence-electron chi connectivity index (χ0n) is 10.1. The zero-order chi connectivity index (χ0) is 12.3. The zero-order valence-corrected chi connectivity index (χ0v) is 10.1. The summed E-state index contributed by atoms with van der Waals surface area (Å²) in [5.41, 5.74) is 0. The third kappa shape index (κ3) is 2.87. The van der Waals surface area contributed by atoms with Crippen molar-refractivity contribution >= 4 is 12.0 Å². The molecule has 16 heavy (non-hydrogen) atoms. The van der Waals surface area contributed by atoms with Gasteiger partial charge >= 0.3 is 6.09 Å². The van der Waals surface area contributed by atoms with E-state index in [1.807, 2.05) is 18.7 Å². The lowest BCUT2D eigenvalue weighted by Crippen LogP contribution is -2.44. The number of carboxylic acid groups (broad SMARTS) is 1. The molecule has 1 rings (SSSR count). The number of carbonyl (C=O) groups is 2. The van der Waals surface area contributed by atoms with Crippen molar-refractivity contribution in [2.45, 2.75) is 32.7 Å². The van der Waals surface area contributed by atoms with Gasteiger partial charge in [-0.3, -0.25) is 4.79 Å². The van der Waals surface area contributed by atoms with Crippen molar-refractivity contribution in [3.8, 4) is 0 Å². The third-order valence-electron chi connectivity index (χ3n) is 2.97. The molecular formula is C11H20N2O3. The Kier molecular flexibility index (Phi) is 4.15. The van der Waals surface area contributed by atoms with Gasteiger partial charge < -0.3 is 14.9 Å². The van der Waals surface area contributed by atoms with E-state index in [9.17, 15) is 9.59 Å². The fourth-order valence-electron chi connectivity index (χ4n) is 2.04. The second kappa shape index (κ2) is 5.18. The van der Waals surface area contributed by atoms with E-state index in [1.165, 1.54) is 4.90 Å². The van der Waals surface area contributed by atoms with E-state index in [2.05, 4.69) is 0 Å². The second-order valence-corrected chi connectivity index (χ2v) is 4.65. The molecule has 1 N–H and O–H groups in total. The van der Waals surface area contributed by atoms with Gasteiger partial charge in [-0.15, -0.1) is 0 Å². The van der Waals surface area contributed by atoms with Gasteiger partial charge in [0, 0.05) is 32.1 Å². The molecule has 1 atom stereocenters. The molecule has 5 nitrogen and oxygen atoms in total. The number of nitrogens with zero attached hydrogens (tertiary/aromatic N) is 2. The number of likely N-dealkylation sites (N-methyl/N-ethyl adjacent to an activating group) is 1. The predicted molar refractivity (Wildman–Crippen MR) is 60.2 cm³/mol. The Labute approximate surface area is 96.0 Å². The molecule has 1 fully saturated rings. The van der Waals surface area contributed by atoms with Crippen LogP contribution >= 0.6 is 0 Å². The first kappa shape index (κ1) is 12.8. The Hall–Kier alpha value is -1.26. The number of rotatable bonds is 3. The van der Waals surface area contributed by atoms with Crippen LogP contribution in [0.25, 0.3) is 0 Å². The number of likely N-dealkylation sites (tertiary alicyclic amines) is 1. The summed E-state index contributed by atoms with van der Waals surface area (Å²) in [7, 11) is 1.54. The van der Waals surface area contributed by atoms with Gasteiger partial charge in [-0.25, -0.2) is 4.79 Å². The molecule has 0 aromatic rings. The van der Waals surface area contributed by atoms with E-state index in [0.29, 0.717) is 6.54 Å². The van der Waals surface area contributed by atoms with Crippen molar-refractivity contribution in [2.75, 3.05) is 20.1 Å². The highest BCUT2D eigenvalue weighted by atomic mass is 16.4. The van der Waals surface area contributed by atoms with E-state index in [4.69, 9.17) is 5.11 Å². The maximum atomic E-state index is 11.9. The quantitative estimate of drug-likeness (QED) is 0.790. The standard InChI is InChI=1S/C11H20N2O3/c1-8(2)10(14)13-6-4-5-9(13)7-12(3)11(15)16/h8-9H,4-7H2,1-3H3,(H,15,16). The first-order valence-corrected chi connectivity index (χ1v) is 5.68. The molecule has 92 valence electrons. The van der Waals surface area contributed by atoms with Crippen LogP contribution < -0.4 is 0 Å². The summed E-state index contributed by atoms with van der Waals surface area (Å²) in [5.74, 6) is 0.108. The maximum Gasteiger partial charge on any atom is 0.407 e. The van der Waals surface area contributed by atoms with Crippen LogP contribution in [0, 0.1) is 5.92 Å². The van der Waals surface area contributed by atoms with Crippen LogP contribution in [0.2, 0.25) is 0 Å².